The highest BCUT2D eigenvalue weighted by Crippen LogP contribution is 2.53. The number of nitrogens with one attached hydrogen (secondary N) is 1. The maximum absolute atomic E-state index is 14.1. The highest BCUT2D eigenvalue weighted by molar-refractivity contribution is 6.05. The molecule has 0 radical (unpaired) electrons. The Labute approximate surface area is 308 Å². The first kappa shape index (κ1) is 35.6. The van der Waals surface area contributed by atoms with Gasteiger partial charge in [0.15, 0.2) is 12.4 Å². The first-order valence-corrected chi connectivity index (χ1v) is 18.9. The number of alkyl halides is 3. The van der Waals surface area contributed by atoms with Crippen molar-refractivity contribution in [2.45, 2.75) is 64.5 Å². The number of rotatable bonds is 10. The molecule has 0 unspecified atom stereocenters. The molecule has 2 aromatic carbocycles. The van der Waals surface area contributed by atoms with Gasteiger partial charge in [-0.05, 0) is 99.4 Å². The van der Waals surface area contributed by atoms with E-state index in [9.17, 15) is 18.0 Å². The summed E-state index contributed by atoms with van der Waals surface area (Å²) in [6.07, 6.45) is 3.90. The second kappa shape index (κ2) is 13.2. The predicted octanol–water partition coefficient (Wildman–Crippen LogP) is 6.54. The summed E-state index contributed by atoms with van der Waals surface area (Å²) in [5.41, 5.74) is 10.5. The summed E-state index contributed by atoms with van der Waals surface area (Å²) < 4.78 is 48.2. The van der Waals surface area contributed by atoms with E-state index in [1.807, 2.05) is 17.9 Å². The number of hydrogen-bond acceptors (Lipinski definition) is 9. The number of fused-ring (bicyclic) bond motifs is 1. The van der Waals surface area contributed by atoms with Crippen molar-refractivity contribution in [1.29, 1.82) is 5.41 Å². The third-order valence-corrected chi connectivity index (χ3v) is 12.1. The van der Waals surface area contributed by atoms with Crippen LogP contribution >= 0.6 is 0 Å². The minimum Gasteiger partial charge on any atom is -0.481 e. The van der Waals surface area contributed by atoms with Gasteiger partial charge in [-0.3, -0.25) is 4.79 Å². The van der Waals surface area contributed by atoms with Crippen molar-refractivity contribution in [2.24, 2.45) is 10.8 Å². The van der Waals surface area contributed by atoms with Gasteiger partial charge >= 0.3 is 6.18 Å². The molecule has 282 valence electrons. The Kier molecular flexibility index (Phi) is 8.86. The molecule has 1 saturated carbocycles. The number of carbonyl (C=O) groups excluding carboxylic acids is 1. The maximum Gasteiger partial charge on any atom is 0.422 e. The molecule has 0 bridgehead atoms. The lowest BCUT2D eigenvalue weighted by Gasteiger charge is -2.54. The lowest BCUT2D eigenvalue weighted by Crippen LogP contribution is -2.61. The van der Waals surface area contributed by atoms with E-state index in [0.717, 1.165) is 69.5 Å². The molecular formula is C40H49F3N8O2. The Morgan fingerprint density at radius 2 is 1.75 bits per heavy atom. The van der Waals surface area contributed by atoms with Crippen LogP contribution in [0.3, 0.4) is 0 Å². The number of ether oxygens (including phenoxy) is 1. The van der Waals surface area contributed by atoms with E-state index in [4.69, 9.17) is 25.8 Å². The van der Waals surface area contributed by atoms with E-state index in [2.05, 4.69) is 34.3 Å². The number of hydrogen-bond donors (Lipinski definition) is 2. The third kappa shape index (κ3) is 6.70. The SMILES string of the molecule is C=CC(=O)N1CC2(CCN(c3nc(N4CC(C)(CN5CCCC5)C4)nc4c(OCC(F)(F)F)c(-c5c(C)ccc(N)c5C=N)c(C5CC5)cc34)CC2)C1. The average molecular weight is 731 g/mol. The van der Waals surface area contributed by atoms with Gasteiger partial charge in [0.25, 0.3) is 0 Å². The number of anilines is 3. The molecule has 0 atom stereocenters. The average Bonchev–Trinajstić information content (AvgIpc) is 3.83. The number of likely N-dealkylation sites (tertiary alicyclic amines) is 2. The fourth-order valence-electron chi connectivity index (χ4n) is 9.27. The van der Waals surface area contributed by atoms with E-state index in [-0.39, 0.29) is 28.4 Å². The summed E-state index contributed by atoms with van der Waals surface area (Å²) in [4.78, 5) is 31.3. The molecule has 5 aliphatic rings. The van der Waals surface area contributed by atoms with Crippen LogP contribution in [0.2, 0.25) is 0 Å². The molecule has 10 nitrogen and oxygen atoms in total. The number of nitrogens with zero attached hydrogens (tertiary/aromatic N) is 6. The number of benzene rings is 2. The normalized spacial score (nSPS) is 21.1. The van der Waals surface area contributed by atoms with Gasteiger partial charge in [0.05, 0.1) is 0 Å². The number of nitrogen functional groups attached to an aromatic ring is 1. The first-order chi connectivity index (χ1) is 25.3. The predicted molar refractivity (Wildman–Crippen MR) is 202 cm³/mol. The van der Waals surface area contributed by atoms with Crippen molar-refractivity contribution in [3.63, 3.8) is 0 Å². The number of halogens is 3. The monoisotopic (exact) mass is 730 g/mol. The molecule has 4 saturated heterocycles. The van der Waals surface area contributed by atoms with Crippen LogP contribution in [0.1, 0.15) is 68.1 Å². The van der Waals surface area contributed by atoms with E-state index in [1.54, 1.807) is 6.07 Å². The molecular weight excluding hydrogens is 681 g/mol. The topological polar surface area (TPSA) is 115 Å². The molecule has 5 fully saturated rings. The van der Waals surface area contributed by atoms with Crippen LogP contribution in [0.5, 0.6) is 5.75 Å². The summed E-state index contributed by atoms with van der Waals surface area (Å²) >= 11 is 0. The van der Waals surface area contributed by atoms with Gasteiger partial charge in [-0.1, -0.05) is 19.6 Å². The van der Waals surface area contributed by atoms with Gasteiger partial charge in [0.2, 0.25) is 11.9 Å². The zero-order valence-electron chi connectivity index (χ0n) is 30.7. The fourth-order valence-corrected chi connectivity index (χ4v) is 9.27. The second-order valence-corrected chi connectivity index (χ2v) is 16.5. The molecule has 1 amide bonds. The molecule has 53 heavy (non-hydrogen) atoms. The summed E-state index contributed by atoms with van der Waals surface area (Å²) in [7, 11) is 0. The smallest absolute Gasteiger partial charge is 0.422 e. The van der Waals surface area contributed by atoms with Crippen molar-refractivity contribution in [1.82, 2.24) is 19.8 Å². The standard InChI is InChI=1S/C40H49F3N8O2/c1-4-31(52)50-22-39(23-50)11-15-49(16-12-39)36-28-17-27(26-8-9-26)33(32-25(2)7-10-30(45)29(32)18-44)35(53-24-40(41,42)43)34(28)46-37(47-36)51-20-38(3,21-51)19-48-13-5-6-14-48/h4,7,10,17-18,26,44H,1,5-6,8-9,11-16,19-24,45H2,2-3H3. The molecule has 1 aromatic heterocycles. The van der Waals surface area contributed by atoms with Gasteiger partial charge < -0.3 is 35.5 Å². The number of aryl methyl sites for hydroxylation is 1. The van der Waals surface area contributed by atoms with E-state index >= 15 is 0 Å². The van der Waals surface area contributed by atoms with Gasteiger partial charge in [-0.25, -0.2) is 4.98 Å². The summed E-state index contributed by atoms with van der Waals surface area (Å²) in [6, 6.07) is 5.65. The summed E-state index contributed by atoms with van der Waals surface area (Å²) in [5, 5.41) is 8.98. The maximum atomic E-state index is 14.1. The first-order valence-electron chi connectivity index (χ1n) is 18.9. The molecule has 8 rings (SSSR count). The minimum absolute atomic E-state index is 0.0386. The van der Waals surface area contributed by atoms with E-state index < -0.39 is 12.8 Å². The van der Waals surface area contributed by atoms with Crippen molar-refractivity contribution in [3.05, 3.63) is 47.5 Å². The van der Waals surface area contributed by atoms with Crippen LogP contribution in [-0.4, -0.2) is 104 Å². The Morgan fingerprint density at radius 3 is 2.38 bits per heavy atom. The number of nitrogens with two attached hydrogens (primary N) is 1. The van der Waals surface area contributed by atoms with Crippen LogP contribution in [0.4, 0.5) is 30.6 Å². The van der Waals surface area contributed by atoms with Crippen LogP contribution < -0.4 is 20.3 Å². The largest absolute Gasteiger partial charge is 0.481 e. The lowest BCUT2D eigenvalue weighted by atomic mass is 9.72. The fraction of sp³-hybridized carbons (Fsp3) is 0.550. The summed E-state index contributed by atoms with van der Waals surface area (Å²) in [5.74, 6) is 1.32. The second-order valence-electron chi connectivity index (χ2n) is 16.5. The van der Waals surface area contributed by atoms with E-state index in [1.165, 1.54) is 25.1 Å². The van der Waals surface area contributed by atoms with Crippen LogP contribution in [-0.2, 0) is 4.79 Å². The number of carbonyl (C=O) groups is 1. The molecule has 1 spiro atoms. The van der Waals surface area contributed by atoms with E-state index in [0.29, 0.717) is 71.2 Å². The van der Waals surface area contributed by atoms with Gasteiger partial charge in [0, 0.05) is 85.1 Å². The third-order valence-electron chi connectivity index (χ3n) is 12.1. The number of piperidine rings is 1. The molecule has 13 heteroatoms. The molecule has 3 aromatic rings. The Balaban J connectivity index is 1.27. The van der Waals surface area contributed by atoms with Crippen molar-refractivity contribution in [2.75, 3.05) is 81.0 Å². The van der Waals surface area contributed by atoms with Crippen molar-refractivity contribution < 1.29 is 22.7 Å². The summed E-state index contributed by atoms with van der Waals surface area (Å²) in [6.45, 7) is 13.8. The highest BCUT2D eigenvalue weighted by atomic mass is 19.4. The molecule has 5 heterocycles. The Bertz CT molecular complexity index is 1950. The molecule has 3 N–H and O–H groups in total. The highest BCUT2D eigenvalue weighted by Gasteiger charge is 2.47. The Hall–Kier alpha value is -4.39. The van der Waals surface area contributed by atoms with Gasteiger partial charge in [-0.15, -0.1) is 0 Å². The van der Waals surface area contributed by atoms with Crippen molar-refractivity contribution >= 4 is 40.5 Å². The number of aromatic nitrogens is 2. The van der Waals surface area contributed by atoms with Crippen LogP contribution in [0, 0.1) is 23.2 Å². The van der Waals surface area contributed by atoms with Crippen molar-refractivity contribution in [3.8, 4) is 16.9 Å². The quantitative estimate of drug-likeness (QED) is 0.137. The minimum atomic E-state index is -4.59. The number of amides is 1. The van der Waals surface area contributed by atoms with Crippen LogP contribution in [0.25, 0.3) is 22.0 Å². The van der Waals surface area contributed by atoms with Crippen LogP contribution in [0.15, 0.2) is 30.9 Å². The zero-order chi connectivity index (χ0) is 37.3. The van der Waals surface area contributed by atoms with Gasteiger partial charge in [0.1, 0.15) is 11.3 Å². The lowest BCUT2D eigenvalue weighted by molar-refractivity contribution is -0.153. The molecule has 1 aliphatic carbocycles. The Morgan fingerprint density at radius 1 is 1.06 bits per heavy atom. The van der Waals surface area contributed by atoms with Gasteiger partial charge in [-0.2, -0.15) is 18.2 Å². The zero-order valence-corrected chi connectivity index (χ0v) is 30.7. The molecule has 4 aliphatic heterocycles.